The van der Waals surface area contributed by atoms with Gasteiger partial charge >= 0.3 is 0 Å². The van der Waals surface area contributed by atoms with Crippen LogP contribution in [0.3, 0.4) is 0 Å². The topological polar surface area (TPSA) is 56.7 Å². The van der Waals surface area contributed by atoms with Crippen molar-refractivity contribution in [3.05, 3.63) is 133 Å². The van der Waals surface area contributed by atoms with Crippen LogP contribution in [0.1, 0.15) is 0 Å². The molecule has 0 saturated carbocycles. The number of nitrogens with zero attached hydrogens (tertiary/aromatic N) is 4. The van der Waals surface area contributed by atoms with Crippen molar-refractivity contribution in [3.63, 3.8) is 0 Å². The van der Waals surface area contributed by atoms with E-state index in [1.165, 1.54) is 0 Å². The van der Waals surface area contributed by atoms with Crippen LogP contribution in [-0.2, 0) is 0 Å². The number of furan rings is 1. The molecule has 42 heavy (non-hydrogen) atoms. The first-order valence-corrected chi connectivity index (χ1v) is 14.0. The van der Waals surface area contributed by atoms with E-state index in [1.54, 1.807) is 0 Å². The van der Waals surface area contributed by atoms with Crippen LogP contribution in [0.5, 0.6) is 0 Å². The molecule has 0 saturated heterocycles. The van der Waals surface area contributed by atoms with Gasteiger partial charge in [0.05, 0.1) is 16.6 Å². The third-order valence-electron chi connectivity index (χ3n) is 8.05. The van der Waals surface area contributed by atoms with E-state index in [2.05, 4.69) is 83.4 Å². The summed E-state index contributed by atoms with van der Waals surface area (Å²) in [7, 11) is 0. The quantitative estimate of drug-likeness (QED) is 0.225. The van der Waals surface area contributed by atoms with Gasteiger partial charge in [0.15, 0.2) is 11.6 Å². The molecule has 9 aromatic rings. The number of hydrogen-bond acceptors (Lipinski definition) is 4. The molecule has 3 aromatic heterocycles. The van der Waals surface area contributed by atoms with Gasteiger partial charge in [-0.05, 0) is 35.0 Å². The molecule has 0 unspecified atom stereocenters. The SMILES string of the molecule is c1ccc(-c2nc(-c3c4ccccc4cc4c3oc3ccccc34)nc(-n3c4ccccc4c4ccccc43)n2)cc1. The minimum Gasteiger partial charge on any atom is -0.455 e. The smallest absolute Gasteiger partial charge is 0.238 e. The zero-order chi connectivity index (χ0) is 27.6. The van der Waals surface area contributed by atoms with Crippen molar-refractivity contribution in [2.45, 2.75) is 0 Å². The van der Waals surface area contributed by atoms with Crippen LogP contribution in [0.15, 0.2) is 138 Å². The summed E-state index contributed by atoms with van der Waals surface area (Å²) in [5.74, 6) is 1.74. The summed E-state index contributed by atoms with van der Waals surface area (Å²) in [5.41, 5.74) is 5.48. The van der Waals surface area contributed by atoms with E-state index in [9.17, 15) is 0 Å². The van der Waals surface area contributed by atoms with E-state index >= 15 is 0 Å². The Morgan fingerprint density at radius 2 is 1.07 bits per heavy atom. The molecule has 0 aliphatic heterocycles. The van der Waals surface area contributed by atoms with Gasteiger partial charge in [0.2, 0.25) is 5.95 Å². The number of aromatic nitrogens is 4. The van der Waals surface area contributed by atoms with E-state index in [4.69, 9.17) is 19.4 Å². The fourth-order valence-corrected chi connectivity index (χ4v) is 6.18. The van der Waals surface area contributed by atoms with Gasteiger partial charge in [-0.15, -0.1) is 0 Å². The van der Waals surface area contributed by atoms with Crippen LogP contribution in [0, 0.1) is 0 Å². The molecule has 0 spiro atoms. The molecular weight excluding hydrogens is 516 g/mol. The maximum atomic E-state index is 6.56. The molecule has 0 radical (unpaired) electrons. The van der Waals surface area contributed by atoms with Crippen molar-refractivity contribution in [3.8, 4) is 28.7 Å². The molecule has 196 valence electrons. The molecule has 0 aliphatic carbocycles. The Balaban J connectivity index is 1.44. The maximum Gasteiger partial charge on any atom is 0.238 e. The summed E-state index contributed by atoms with van der Waals surface area (Å²) in [6.45, 7) is 0. The predicted octanol–water partition coefficient (Wildman–Crippen LogP) is 9.36. The average Bonchev–Trinajstić information content (AvgIpc) is 3.59. The van der Waals surface area contributed by atoms with Gasteiger partial charge in [0.25, 0.3) is 0 Å². The normalized spacial score (nSPS) is 11.8. The Morgan fingerprint density at radius 3 is 1.83 bits per heavy atom. The second kappa shape index (κ2) is 8.85. The number of para-hydroxylation sites is 3. The monoisotopic (exact) mass is 538 g/mol. The molecule has 9 rings (SSSR count). The first kappa shape index (κ1) is 22.9. The first-order valence-electron chi connectivity index (χ1n) is 14.0. The molecule has 0 fully saturated rings. The Labute approximate surface area is 240 Å². The second-order valence-corrected chi connectivity index (χ2v) is 10.5. The van der Waals surface area contributed by atoms with Crippen molar-refractivity contribution >= 4 is 54.5 Å². The fourth-order valence-electron chi connectivity index (χ4n) is 6.18. The number of benzene rings is 6. The van der Waals surface area contributed by atoms with E-state index in [0.717, 1.165) is 65.6 Å². The van der Waals surface area contributed by atoms with Crippen LogP contribution in [0.4, 0.5) is 0 Å². The van der Waals surface area contributed by atoms with Crippen molar-refractivity contribution in [1.82, 2.24) is 19.5 Å². The van der Waals surface area contributed by atoms with E-state index in [-0.39, 0.29) is 0 Å². The molecule has 0 amide bonds. The lowest BCUT2D eigenvalue weighted by Crippen LogP contribution is -2.06. The summed E-state index contributed by atoms with van der Waals surface area (Å²) in [6.07, 6.45) is 0. The highest BCUT2D eigenvalue weighted by atomic mass is 16.3. The van der Waals surface area contributed by atoms with Gasteiger partial charge in [-0.1, -0.05) is 109 Å². The Kier molecular flexibility index (Phi) is 4.83. The average molecular weight is 539 g/mol. The fraction of sp³-hybridized carbons (Fsp3) is 0. The lowest BCUT2D eigenvalue weighted by atomic mass is 9.99. The van der Waals surface area contributed by atoms with Crippen LogP contribution >= 0.6 is 0 Å². The highest BCUT2D eigenvalue weighted by Crippen LogP contribution is 2.41. The van der Waals surface area contributed by atoms with E-state index in [0.29, 0.717) is 17.6 Å². The minimum atomic E-state index is 0.563. The van der Waals surface area contributed by atoms with Crippen LogP contribution in [0.2, 0.25) is 0 Å². The van der Waals surface area contributed by atoms with Gasteiger partial charge in [0.1, 0.15) is 11.2 Å². The summed E-state index contributed by atoms with van der Waals surface area (Å²) in [6, 6.07) is 45.6. The summed E-state index contributed by atoms with van der Waals surface area (Å²) in [5, 5.41) is 6.55. The van der Waals surface area contributed by atoms with Gasteiger partial charge in [-0.25, -0.2) is 4.98 Å². The van der Waals surface area contributed by atoms with Crippen LogP contribution in [0.25, 0.3) is 83.2 Å². The van der Waals surface area contributed by atoms with E-state index < -0.39 is 0 Å². The van der Waals surface area contributed by atoms with Crippen molar-refractivity contribution < 1.29 is 4.42 Å². The molecular formula is C37H22N4O. The predicted molar refractivity (Wildman–Crippen MR) is 170 cm³/mol. The molecule has 5 heteroatoms. The summed E-state index contributed by atoms with van der Waals surface area (Å²) >= 11 is 0. The molecule has 3 heterocycles. The zero-order valence-electron chi connectivity index (χ0n) is 22.4. The Hall–Kier alpha value is -5.81. The van der Waals surface area contributed by atoms with Gasteiger partial charge in [-0.2, -0.15) is 9.97 Å². The Bertz CT molecular complexity index is 2420. The molecule has 5 nitrogen and oxygen atoms in total. The van der Waals surface area contributed by atoms with Crippen molar-refractivity contribution in [2.24, 2.45) is 0 Å². The molecule has 0 bridgehead atoms. The zero-order valence-corrected chi connectivity index (χ0v) is 22.4. The second-order valence-electron chi connectivity index (χ2n) is 10.5. The number of fused-ring (bicyclic) bond motifs is 7. The number of rotatable bonds is 3. The van der Waals surface area contributed by atoms with Gasteiger partial charge < -0.3 is 4.42 Å². The first-order chi connectivity index (χ1) is 20.8. The number of hydrogen-bond donors (Lipinski definition) is 0. The third kappa shape index (κ3) is 3.34. The lowest BCUT2D eigenvalue weighted by molar-refractivity contribution is 0.670. The molecule has 6 aromatic carbocycles. The Morgan fingerprint density at radius 1 is 0.476 bits per heavy atom. The largest absolute Gasteiger partial charge is 0.455 e. The van der Waals surface area contributed by atoms with Crippen LogP contribution < -0.4 is 0 Å². The summed E-state index contributed by atoms with van der Waals surface area (Å²) < 4.78 is 8.70. The van der Waals surface area contributed by atoms with E-state index in [1.807, 2.05) is 54.6 Å². The summed E-state index contributed by atoms with van der Waals surface area (Å²) in [4.78, 5) is 15.4. The van der Waals surface area contributed by atoms with Gasteiger partial charge in [0, 0.05) is 27.1 Å². The van der Waals surface area contributed by atoms with Crippen LogP contribution in [-0.4, -0.2) is 19.5 Å². The molecule has 0 atom stereocenters. The minimum absolute atomic E-state index is 0.563. The maximum absolute atomic E-state index is 6.56. The van der Waals surface area contributed by atoms with Crippen molar-refractivity contribution in [2.75, 3.05) is 0 Å². The third-order valence-corrected chi connectivity index (χ3v) is 8.05. The molecule has 0 N–H and O–H groups in total. The molecule has 0 aliphatic rings. The van der Waals surface area contributed by atoms with Crippen molar-refractivity contribution in [1.29, 1.82) is 0 Å². The highest BCUT2D eigenvalue weighted by molar-refractivity contribution is 6.17. The standard InChI is InChI=1S/C37H22N4O/c1-2-12-23(13-3-1)35-38-36(40-37(39-35)41-30-19-9-6-16-26(30)27-17-7-10-20-31(27)41)33-25-15-5-4-14-24(25)22-29-28-18-8-11-21-32(28)42-34(29)33/h1-22H. The van der Waals surface area contributed by atoms with Gasteiger partial charge in [-0.3, -0.25) is 4.57 Å². The highest BCUT2D eigenvalue weighted by Gasteiger charge is 2.22. The lowest BCUT2D eigenvalue weighted by Gasteiger charge is -2.12.